The number of imidazole rings is 1. The van der Waals surface area contributed by atoms with E-state index in [4.69, 9.17) is 27.9 Å². The van der Waals surface area contributed by atoms with Crippen molar-refractivity contribution in [3.05, 3.63) is 59.0 Å². The molecule has 0 aliphatic heterocycles. The second-order valence-corrected chi connectivity index (χ2v) is 6.39. The van der Waals surface area contributed by atoms with Crippen molar-refractivity contribution >= 4 is 39.5 Å². The Bertz CT molecular complexity index is 932. The van der Waals surface area contributed by atoms with Gasteiger partial charge in [0.2, 0.25) is 4.96 Å². The average Bonchev–Trinajstić information content (AvgIpc) is 3.09. The first-order valence-electron chi connectivity index (χ1n) is 6.59. The maximum atomic E-state index is 5.90. The van der Waals surface area contributed by atoms with Gasteiger partial charge >= 0.3 is 0 Å². The Hall–Kier alpha value is -2.15. The van der Waals surface area contributed by atoms with E-state index < -0.39 is 0 Å². The zero-order valence-corrected chi connectivity index (χ0v) is 13.8. The van der Waals surface area contributed by atoms with Crippen LogP contribution in [0.15, 0.2) is 48.8 Å². The highest BCUT2D eigenvalue weighted by atomic mass is 35.5. The van der Waals surface area contributed by atoms with Gasteiger partial charge in [0.1, 0.15) is 10.9 Å². The van der Waals surface area contributed by atoms with Crippen molar-refractivity contribution in [2.45, 2.75) is 0 Å². The van der Waals surface area contributed by atoms with E-state index in [2.05, 4.69) is 15.1 Å². The van der Waals surface area contributed by atoms with Crippen LogP contribution in [0.4, 0.5) is 0 Å². The minimum absolute atomic E-state index is 0.416. The van der Waals surface area contributed by atoms with Crippen LogP contribution in [0.3, 0.4) is 0 Å². The van der Waals surface area contributed by atoms with Gasteiger partial charge in [-0.3, -0.25) is 0 Å². The lowest BCUT2D eigenvalue weighted by Gasteiger charge is -1.99. The van der Waals surface area contributed by atoms with Crippen molar-refractivity contribution in [2.75, 3.05) is 0 Å². The fourth-order valence-electron chi connectivity index (χ4n) is 2.01. The highest BCUT2D eigenvalue weighted by molar-refractivity contribution is 7.18. The second-order valence-electron chi connectivity index (χ2n) is 4.65. The molecule has 3 aromatic heterocycles. The quantitative estimate of drug-likeness (QED) is 0.483. The van der Waals surface area contributed by atoms with Crippen LogP contribution in [0.2, 0.25) is 10.2 Å². The molecule has 0 bridgehead atoms. The fraction of sp³-hybridized carbons (Fsp3) is 0. The van der Waals surface area contributed by atoms with E-state index in [-0.39, 0.29) is 0 Å². The Kier molecular flexibility index (Phi) is 3.65. The van der Waals surface area contributed by atoms with Crippen LogP contribution < -0.4 is 4.74 Å². The van der Waals surface area contributed by atoms with Crippen molar-refractivity contribution in [3.8, 4) is 22.2 Å². The summed E-state index contributed by atoms with van der Waals surface area (Å²) in [7, 11) is 0. The van der Waals surface area contributed by atoms with Gasteiger partial charge in [-0.05, 0) is 35.6 Å². The van der Waals surface area contributed by atoms with Crippen LogP contribution in [0, 0.1) is 0 Å². The third kappa shape index (κ3) is 3.01. The van der Waals surface area contributed by atoms with E-state index in [1.807, 2.05) is 30.5 Å². The van der Waals surface area contributed by atoms with Crippen molar-refractivity contribution < 1.29 is 4.74 Å². The van der Waals surface area contributed by atoms with Gasteiger partial charge in [0, 0.05) is 10.6 Å². The fourth-order valence-corrected chi connectivity index (χ4v) is 3.00. The maximum absolute atomic E-state index is 5.90. The average molecular weight is 363 g/mol. The third-order valence-electron chi connectivity index (χ3n) is 3.07. The summed E-state index contributed by atoms with van der Waals surface area (Å²) in [6, 6.07) is 10.9. The smallest absolute Gasteiger partial charge is 0.299 e. The molecule has 4 aromatic rings. The molecule has 114 valence electrons. The molecule has 0 saturated carbocycles. The Morgan fingerprint density at radius 3 is 2.57 bits per heavy atom. The van der Waals surface area contributed by atoms with Gasteiger partial charge in [0.25, 0.3) is 5.19 Å². The Morgan fingerprint density at radius 2 is 1.87 bits per heavy atom. The van der Waals surface area contributed by atoms with Crippen molar-refractivity contribution in [2.24, 2.45) is 0 Å². The first-order valence-corrected chi connectivity index (χ1v) is 8.16. The predicted molar refractivity (Wildman–Crippen MR) is 90.6 cm³/mol. The summed E-state index contributed by atoms with van der Waals surface area (Å²) in [4.78, 5) is 9.25. The number of ether oxygens (including phenoxy) is 1. The molecule has 1 aromatic carbocycles. The Morgan fingerprint density at radius 1 is 1.04 bits per heavy atom. The summed E-state index contributed by atoms with van der Waals surface area (Å²) in [6.45, 7) is 0. The van der Waals surface area contributed by atoms with Crippen molar-refractivity contribution in [1.82, 2.24) is 19.6 Å². The van der Waals surface area contributed by atoms with Crippen LogP contribution in [0.5, 0.6) is 10.9 Å². The van der Waals surface area contributed by atoms with Crippen LogP contribution in [0.25, 0.3) is 16.2 Å². The molecule has 8 heteroatoms. The number of hydrogen-bond acceptors (Lipinski definition) is 5. The number of pyridine rings is 1. The molecular formula is C15H8Cl2N4OS. The highest BCUT2D eigenvalue weighted by Gasteiger charge is 2.11. The summed E-state index contributed by atoms with van der Waals surface area (Å²) in [5.74, 6) is 0.573. The first kappa shape index (κ1) is 14.4. The van der Waals surface area contributed by atoms with Crippen LogP contribution >= 0.6 is 34.5 Å². The summed E-state index contributed by atoms with van der Waals surface area (Å²) < 4.78 is 7.33. The number of hydrogen-bond donors (Lipinski definition) is 0. The standard InChI is InChI=1S/C15H8Cl2N4OS/c16-10-3-1-9(2-4-10)12-8-21-14(19-12)23-15(20-21)22-11-5-6-13(17)18-7-11/h1-8H. The molecule has 5 nitrogen and oxygen atoms in total. The van der Waals surface area contributed by atoms with Gasteiger partial charge in [0.15, 0.2) is 0 Å². The summed E-state index contributed by atoms with van der Waals surface area (Å²) >= 11 is 13.0. The van der Waals surface area contributed by atoms with Gasteiger partial charge < -0.3 is 4.74 Å². The molecule has 0 radical (unpaired) electrons. The molecule has 4 rings (SSSR count). The van der Waals surface area contributed by atoms with Crippen LogP contribution in [0.1, 0.15) is 0 Å². The van der Waals surface area contributed by atoms with Crippen molar-refractivity contribution in [1.29, 1.82) is 0 Å². The Balaban J connectivity index is 1.61. The maximum Gasteiger partial charge on any atom is 0.299 e. The summed E-state index contributed by atoms with van der Waals surface area (Å²) in [5.41, 5.74) is 1.82. The van der Waals surface area contributed by atoms with E-state index >= 15 is 0 Å². The number of rotatable bonds is 3. The number of nitrogens with zero attached hydrogens (tertiary/aromatic N) is 4. The molecule has 0 unspecified atom stereocenters. The van der Waals surface area contributed by atoms with E-state index in [1.54, 1.807) is 22.8 Å². The van der Waals surface area contributed by atoms with E-state index in [0.29, 0.717) is 21.1 Å². The molecular weight excluding hydrogens is 355 g/mol. The zero-order chi connectivity index (χ0) is 15.8. The molecule has 0 amide bonds. The lowest BCUT2D eigenvalue weighted by molar-refractivity contribution is 0.468. The summed E-state index contributed by atoms with van der Waals surface area (Å²) in [6.07, 6.45) is 3.40. The molecule has 0 atom stereocenters. The lowest BCUT2D eigenvalue weighted by Crippen LogP contribution is -1.86. The van der Waals surface area contributed by atoms with E-state index in [9.17, 15) is 0 Å². The second kappa shape index (κ2) is 5.81. The zero-order valence-electron chi connectivity index (χ0n) is 11.5. The molecule has 3 heterocycles. The lowest BCUT2D eigenvalue weighted by atomic mass is 10.2. The van der Waals surface area contributed by atoms with Crippen LogP contribution in [-0.2, 0) is 0 Å². The minimum Gasteiger partial charge on any atom is -0.428 e. The number of benzene rings is 1. The number of aromatic nitrogens is 4. The highest BCUT2D eigenvalue weighted by Crippen LogP contribution is 2.29. The molecule has 0 fully saturated rings. The Labute approximate surface area is 145 Å². The largest absolute Gasteiger partial charge is 0.428 e. The molecule has 0 saturated heterocycles. The normalized spacial score (nSPS) is 11.0. The molecule has 0 spiro atoms. The molecule has 0 aliphatic carbocycles. The van der Waals surface area contributed by atoms with E-state index in [1.165, 1.54) is 11.3 Å². The summed E-state index contributed by atoms with van der Waals surface area (Å²) in [5, 5.41) is 5.95. The van der Waals surface area contributed by atoms with Gasteiger partial charge in [-0.25, -0.2) is 14.5 Å². The SMILES string of the molecule is Clc1ccc(-c2cn3nc(Oc4ccc(Cl)nc4)sc3n2)cc1. The van der Waals surface area contributed by atoms with Crippen molar-refractivity contribution in [3.63, 3.8) is 0 Å². The number of fused-ring (bicyclic) bond motifs is 1. The van der Waals surface area contributed by atoms with Crippen LogP contribution in [-0.4, -0.2) is 19.6 Å². The predicted octanol–water partition coefficient (Wildman–Crippen LogP) is 4.95. The van der Waals surface area contributed by atoms with Gasteiger partial charge in [0.05, 0.1) is 18.1 Å². The van der Waals surface area contributed by atoms with Gasteiger partial charge in [-0.2, -0.15) is 0 Å². The number of halogens is 2. The monoisotopic (exact) mass is 362 g/mol. The first-order chi connectivity index (χ1) is 11.2. The van der Waals surface area contributed by atoms with Gasteiger partial charge in [-0.15, -0.1) is 5.10 Å². The third-order valence-corrected chi connectivity index (χ3v) is 4.35. The molecule has 0 N–H and O–H groups in total. The van der Waals surface area contributed by atoms with Gasteiger partial charge in [-0.1, -0.05) is 35.3 Å². The topological polar surface area (TPSA) is 52.3 Å². The minimum atomic E-state index is 0.416. The molecule has 0 aliphatic rings. The van der Waals surface area contributed by atoms with E-state index in [0.717, 1.165) is 16.2 Å². The molecule has 23 heavy (non-hydrogen) atoms.